The minimum absolute atomic E-state index is 0.364. The molecular formula is C17H14ClN3O. The van der Waals surface area contributed by atoms with Gasteiger partial charge < -0.3 is 9.51 Å². The van der Waals surface area contributed by atoms with Crippen LogP contribution in [0.25, 0.3) is 5.65 Å². The van der Waals surface area contributed by atoms with Gasteiger partial charge in [-0.25, -0.2) is 4.98 Å². The quantitative estimate of drug-likeness (QED) is 0.805. The van der Waals surface area contributed by atoms with Gasteiger partial charge in [0.2, 0.25) is 0 Å². The normalized spacial score (nSPS) is 12.3. The summed E-state index contributed by atoms with van der Waals surface area (Å²) in [6, 6.07) is 13.1. The van der Waals surface area contributed by atoms with Gasteiger partial charge in [-0.1, -0.05) is 48.9 Å². The first-order valence-corrected chi connectivity index (χ1v) is 7.37. The maximum atomic E-state index is 10.6. The number of halogens is 1. The minimum atomic E-state index is -0.805. The van der Waals surface area contributed by atoms with Crippen LogP contribution in [-0.4, -0.2) is 14.5 Å². The van der Waals surface area contributed by atoms with E-state index in [2.05, 4.69) is 11.1 Å². The first kappa shape index (κ1) is 14.6. The molecule has 0 saturated carbocycles. The highest BCUT2D eigenvalue weighted by atomic mass is 35.5. The summed E-state index contributed by atoms with van der Waals surface area (Å²) >= 11 is 6.07. The Morgan fingerprint density at radius 3 is 2.73 bits per heavy atom. The fraction of sp³-hybridized carbons (Fsp3) is 0.176. The molecule has 0 amide bonds. The highest BCUT2D eigenvalue weighted by molar-refractivity contribution is 6.32. The number of imidazole rings is 1. The SMILES string of the molecule is CCc1c(C(O)c2ccccc2)nc2cc(Cl)c(C#N)cn12. The summed E-state index contributed by atoms with van der Waals surface area (Å²) in [5.74, 6) is 0. The van der Waals surface area contributed by atoms with E-state index in [4.69, 9.17) is 16.9 Å². The van der Waals surface area contributed by atoms with Crippen molar-refractivity contribution < 1.29 is 5.11 Å². The Morgan fingerprint density at radius 2 is 2.09 bits per heavy atom. The maximum Gasteiger partial charge on any atom is 0.138 e. The van der Waals surface area contributed by atoms with E-state index in [1.54, 1.807) is 12.3 Å². The monoisotopic (exact) mass is 311 g/mol. The molecule has 22 heavy (non-hydrogen) atoms. The lowest BCUT2D eigenvalue weighted by Crippen LogP contribution is -2.04. The zero-order valence-corrected chi connectivity index (χ0v) is 12.7. The van der Waals surface area contributed by atoms with Gasteiger partial charge in [-0.2, -0.15) is 5.26 Å². The molecule has 110 valence electrons. The molecule has 0 spiro atoms. The number of hydrogen-bond donors (Lipinski definition) is 1. The molecule has 0 saturated heterocycles. The molecule has 0 radical (unpaired) electrons. The Balaban J connectivity index is 2.20. The van der Waals surface area contributed by atoms with Crippen molar-refractivity contribution in [2.75, 3.05) is 0 Å². The van der Waals surface area contributed by atoms with Crippen LogP contribution < -0.4 is 0 Å². The number of fused-ring (bicyclic) bond motifs is 1. The lowest BCUT2D eigenvalue weighted by atomic mass is 10.0. The average molecular weight is 312 g/mol. The first-order valence-electron chi connectivity index (χ1n) is 6.99. The van der Waals surface area contributed by atoms with Gasteiger partial charge in [0, 0.05) is 18.0 Å². The van der Waals surface area contributed by atoms with Crippen LogP contribution in [0.3, 0.4) is 0 Å². The zero-order valence-electron chi connectivity index (χ0n) is 12.0. The highest BCUT2D eigenvalue weighted by Crippen LogP contribution is 2.28. The molecule has 1 aromatic carbocycles. The van der Waals surface area contributed by atoms with Gasteiger partial charge in [-0.05, 0) is 12.0 Å². The predicted octanol–water partition coefficient (Wildman–Crippen LogP) is 3.50. The third kappa shape index (κ3) is 2.35. The fourth-order valence-corrected chi connectivity index (χ4v) is 2.77. The number of aliphatic hydroxyl groups excluding tert-OH is 1. The fourth-order valence-electron chi connectivity index (χ4n) is 2.58. The third-order valence-electron chi connectivity index (χ3n) is 3.67. The summed E-state index contributed by atoms with van der Waals surface area (Å²) in [6.45, 7) is 1.99. The Labute approximate surface area is 133 Å². The van der Waals surface area contributed by atoms with E-state index in [1.807, 2.05) is 41.7 Å². The van der Waals surface area contributed by atoms with Crippen LogP contribution in [0.5, 0.6) is 0 Å². The largest absolute Gasteiger partial charge is 0.382 e. The first-order chi connectivity index (χ1) is 10.7. The van der Waals surface area contributed by atoms with Crippen molar-refractivity contribution in [3.63, 3.8) is 0 Å². The van der Waals surface area contributed by atoms with Crippen molar-refractivity contribution in [3.8, 4) is 6.07 Å². The molecule has 0 aliphatic rings. The topological polar surface area (TPSA) is 61.3 Å². The number of pyridine rings is 1. The van der Waals surface area contributed by atoms with Crippen molar-refractivity contribution in [1.82, 2.24) is 9.38 Å². The number of hydrogen-bond acceptors (Lipinski definition) is 3. The van der Waals surface area contributed by atoms with E-state index in [1.165, 1.54) is 0 Å². The number of rotatable bonds is 3. The van der Waals surface area contributed by atoms with Crippen molar-refractivity contribution in [2.24, 2.45) is 0 Å². The van der Waals surface area contributed by atoms with Crippen LogP contribution in [0.15, 0.2) is 42.6 Å². The van der Waals surface area contributed by atoms with Crippen LogP contribution in [0.2, 0.25) is 5.02 Å². The summed E-state index contributed by atoms with van der Waals surface area (Å²) in [5.41, 5.74) is 3.28. The highest BCUT2D eigenvalue weighted by Gasteiger charge is 2.20. The molecule has 0 bridgehead atoms. The van der Waals surface area contributed by atoms with E-state index in [-0.39, 0.29) is 0 Å². The lowest BCUT2D eigenvalue weighted by molar-refractivity contribution is 0.215. The molecule has 0 fully saturated rings. The summed E-state index contributed by atoms with van der Waals surface area (Å²) in [4.78, 5) is 4.52. The molecule has 2 heterocycles. The third-order valence-corrected chi connectivity index (χ3v) is 3.98. The van der Waals surface area contributed by atoms with Crippen LogP contribution in [0.4, 0.5) is 0 Å². The van der Waals surface area contributed by atoms with E-state index < -0.39 is 6.10 Å². The Kier molecular flexibility index (Phi) is 3.84. The summed E-state index contributed by atoms with van der Waals surface area (Å²) in [5, 5.41) is 20.1. The Hall–Kier alpha value is -2.35. The summed E-state index contributed by atoms with van der Waals surface area (Å²) < 4.78 is 1.83. The Morgan fingerprint density at radius 1 is 1.36 bits per heavy atom. The molecule has 4 nitrogen and oxygen atoms in total. The minimum Gasteiger partial charge on any atom is -0.382 e. The number of benzene rings is 1. The zero-order chi connectivity index (χ0) is 15.7. The molecule has 0 aliphatic carbocycles. The smallest absolute Gasteiger partial charge is 0.138 e. The van der Waals surface area contributed by atoms with Gasteiger partial charge in [0.25, 0.3) is 0 Å². The Bertz CT molecular complexity index is 865. The standard InChI is InChI=1S/C17H14ClN3O/c1-2-14-16(17(22)11-6-4-3-5-7-11)20-15-8-13(18)12(9-19)10-21(14)15/h3-8,10,17,22H,2H2,1H3. The average Bonchev–Trinajstić information content (AvgIpc) is 2.91. The van der Waals surface area contributed by atoms with Gasteiger partial charge in [0.15, 0.2) is 0 Å². The molecule has 3 rings (SSSR count). The lowest BCUT2D eigenvalue weighted by Gasteiger charge is -2.10. The molecule has 0 aliphatic heterocycles. The molecule has 1 unspecified atom stereocenters. The van der Waals surface area contributed by atoms with Crippen molar-refractivity contribution in [1.29, 1.82) is 5.26 Å². The van der Waals surface area contributed by atoms with Crippen LogP contribution >= 0.6 is 11.6 Å². The molecule has 5 heteroatoms. The molecule has 1 N–H and O–H groups in total. The predicted molar refractivity (Wildman–Crippen MR) is 84.8 cm³/mol. The second kappa shape index (κ2) is 5.80. The summed E-state index contributed by atoms with van der Waals surface area (Å²) in [6.07, 6.45) is 1.55. The number of aromatic nitrogens is 2. The van der Waals surface area contributed by atoms with Crippen LogP contribution in [-0.2, 0) is 6.42 Å². The van der Waals surface area contributed by atoms with E-state index >= 15 is 0 Å². The van der Waals surface area contributed by atoms with E-state index in [0.717, 1.165) is 11.3 Å². The number of aryl methyl sites for hydroxylation is 1. The maximum absolute atomic E-state index is 10.6. The van der Waals surface area contributed by atoms with Gasteiger partial charge in [0.1, 0.15) is 17.8 Å². The van der Waals surface area contributed by atoms with Gasteiger partial charge in [-0.3, -0.25) is 0 Å². The number of nitrogens with zero attached hydrogens (tertiary/aromatic N) is 3. The van der Waals surface area contributed by atoms with E-state index in [9.17, 15) is 5.11 Å². The second-order valence-electron chi connectivity index (χ2n) is 4.99. The van der Waals surface area contributed by atoms with Gasteiger partial charge in [0.05, 0.1) is 16.3 Å². The molecule has 1 atom stereocenters. The van der Waals surface area contributed by atoms with Crippen LogP contribution in [0, 0.1) is 11.3 Å². The van der Waals surface area contributed by atoms with Gasteiger partial charge in [-0.15, -0.1) is 0 Å². The van der Waals surface area contributed by atoms with E-state index in [0.29, 0.717) is 28.3 Å². The number of nitriles is 1. The van der Waals surface area contributed by atoms with Crippen molar-refractivity contribution in [2.45, 2.75) is 19.4 Å². The second-order valence-corrected chi connectivity index (χ2v) is 5.39. The molecular weight excluding hydrogens is 298 g/mol. The van der Waals surface area contributed by atoms with Crippen molar-refractivity contribution >= 4 is 17.2 Å². The van der Waals surface area contributed by atoms with Gasteiger partial charge >= 0.3 is 0 Å². The number of aliphatic hydroxyl groups is 1. The van der Waals surface area contributed by atoms with Crippen molar-refractivity contribution in [3.05, 3.63) is 70.1 Å². The summed E-state index contributed by atoms with van der Waals surface area (Å²) in [7, 11) is 0. The molecule has 3 aromatic rings. The molecule has 2 aromatic heterocycles. The van der Waals surface area contributed by atoms with Crippen LogP contribution in [0.1, 0.15) is 35.5 Å².